The summed E-state index contributed by atoms with van der Waals surface area (Å²) < 4.78 is 43.7. The van der Waals surface area contributed by atoms with Gasteiger partial charge in [-0.05, 0) is 25.1 Å². The third-order valence-corrected chi connectivity index (χ3v) is 5.36. The van der Waals surface area contributed by atoms with Gasteiger partial charge in [0.1, 0.15) is 0 Å². The predicted molar refractivity (Wildman–Crippen MR) is 86.3 cm³/mol. The van der Waals surface area contributed by atoms with Gasteiger partial charge in [-0.1, -0.05) is 0 Å². The maximum atomic E-state index is 12.8. The third kappa shape index (κ3) is 4.09. The van der Waals surface area contributed by atoms with E-state index in [0.29, 0.717) is 24.6 Å². The summed E-state index contributed by atoms with van der Waals surface area (Å²) in [6, 6.07) is 3.23. The van der Waals surface area contributed by atoms with Crippen molar-refractivity contribution in [2.45, 2.75) is 35.8 Å². The monoisotopic (exact) mass is 374 g/mol. The number of halogens is 3. The number of alkyl halides is 3. The van der Waals surface area contributed by atoms with E-state index in [2.05, 4.69) is 5.32 Å². The minimum atomic E-state index is -4.47. The van der Waals surface area contributed by atoms with Crippen molar-refractivity contribution in [3.63, 3.8) is 0 Å². The van der Waals surface area contributed by atoms with Crippen molar-refractivity contribution in [2.24, 2.45) is 0 Å². The highest BCUT2D eigenvalue weighted by Crippen LogP contribution is 2.40. The van der Waals surface area contributed by atoms with E-state index in [1.54, 1.807) is 4.90 Å². The standard InChI is InChI=1S/C16H17F3N2O3S/c1-9-8-21(4-5-24-9)14(22)7-13-15(23)20-11-6-10(16(17,18)19)2-3-12(11)25-13/h2-3,6,9,13H,4-5,7-8H2,1H3,(H,20,23)/t9-,13+/m1/s1. The lowest BCUT2D eigenvalue weighted by Gasteiger charge is -2.32. The Bertz CT molecular complexity index is 696. The normalized spacial score (nSPS) is 23.8. The molecule has 2 aliphatic heterocycles. The lowest BCUT2D eigenvalue weighted by atomic mass is 10.1. The van der Waals surface area contributed by atoms with E-state index in [4.69, 9.17) is 4.74 Å². The fraction of sp³-hybridized carbons (Fsp3) is 0.500. The van der Waals surface area contributed by atoms with Gasteiger partial charge in [0, 0.05) is 24.4 Å². The van der Waals surface area contributed by atoms with E-state index in [9.17, 15) is 22.8 Å². The zero-order chi connectivity index (χ0) is 18.2. The van der Waals surface area contributed by atoms with Crippen LogP contribution in [0.2, 0.25) is 0 Å². The summed E-state index contributed by atoms with van der Waals surface area (Å²) in [5.74, 6) is -0.607. The van der Waals surface area contributed by atoms with Gasteiger partial charge < -0.3 is 15.0 Å². The molecule has 1 aromatic rings. The number of ether oxygens (including phenoxy) is 1. The summed E-state index contributed by atoms with van der Waals surface area (Å²) in [5, 5.41) is 1.83. The summed E-state index contributed by atoms with van der Waals surface area (Å²) in [6.07, 6.45) is -4.51. The first-order valence-electron chi connectivity index (χ1n) is 7.82. The number of anilines is 1. The van der Waals surface area contributed by atoms with Crippen LogP contribution in [0.5, 0.6) is 0 Å². The maximum Gasteiger partial charge on any atom is 0.416 e. The van der Waals surface area contributed by atoms with Crippen LogP contribution in [0.1, 0.15) is 18.9 Å². The van der Waals surface area contributed by atoms with Crippen molar-refractivity contribution >= 4 is 29.3 Å². The highest BCUT2D eigenvalue weighted by molar-refractivity contribution is 8.01. The second-order valence-electron chi connectivity index (χ2n) is 6.03. The Morgan fingerprint density at radius 1 is 1.44 bits per heavy atom. The third-order valence-electron chi connectivity index (χ3n) is 4.08. The van der Waals surface area contributed by atoms with Crippen LogP contribution in [0, 0.1) is 0 Å². The molecule has 136 valence electrons. The number of thioether (sulfide) groups is 1. The second-order valence-corrected chi connectivity index (χ2v) is 7.27. The number of benzene rings is 1. The molecule has 0 bridgehead atoms. The van der Waals surface area contributed by atoms with Gasteiger partial charge in [-0.3, -0.25) is 9.59 Å². The number of carbonyl (C=O) groups excluding carboxylic acids is 2. The van der Waals surface area contributed by atoms with Crippen molar-refractivity contribution < 1.29 is 27.5 Å². The predicted octanol–water partition coefficient (Wildman–Crippen LogP) is 2.76. The number of nitrogens with one attached hydrogen (secondary N) is 1. The van der Waals surface area contributed by atoms with Crippen LogP contribution in [0.4, 0.5) is 18.9 Å². The minimum absolute atomic E-state index is 0.00365. The van der Waals surface area contributed by atoms with Crippen LogP contribution in [-0.4, -0.2) is 47.8 Å². The molecule has 1 aromatic carbocycles. The number of hydrogen-bond donors (Lipinski definition) is 1. The Morgan fingerprint density at radius 2 is 2.20 bits per heavy atom. The zero-order valence-electron chi connectivity index (χ0n) is 13.4. The van der Waals surface area contributed by atoms with Crippen LogP contribution in [0.25, 0.3) is 0 Å². The molecule has 0 unspecified atom stereocenters. The van der Waals surface area contributed by atoms with Crippen molar-refractivity contribution in [3.05, 3.63) is 23.8 Å². The molecule has 9 heteroatoms. The van der Waals surface area contributed by atoms with Gasteiger partial charge in [-0.2, -0.15) is 13.2 Å². The van der Waals surface area contributed by atoms with Crippen LogP contribution < -0.4 is 5.32 Å². The molecule has 2 amide bonds. The number of fused-ring (bicyclic) bond motifs is 1. The molecule has 0 saturated carbocycles. The molecule has 0 spiro atoms. The van der Waals surface area contributed by atoms with Crippen molar-refractivity contribution in [2.75, 3.05) is 25.0 Å². The van der Waals surface area contributed by atoms with Gasteiger partial charge in [0.2, 0.25) is 11.8 Å². The van der Waals surface area contributed by atoms with E-state index >= 15 is 0 Å². The smallest absolute Gasteiger partial charge is 0.375 e. The quantitative estimate of drug-likeness (QED) is 0.865. The highest BCUT2D eigenvalue weighted by Gasteiger charge is 2.35. The van der Waals surface area contributed by atoms with E-state index in [1.807, 2.05) is 6.92 Å². The van der Waals surface area contributed by atoms with Gasteiger partial charge in [0.15, 0.2) is 0 Å². The maximum absolute atomic E-state index is 12.8. The molecular formula is C16H17F3N2O3S. The topological polar surface area (TPSA) is 58.6 Å². The molecule has 0 aliphatic carbocycles. The number of hydrogen-bond acceptors (Lipinski definition) is 4. The molecule has 1 fully saturated rings. The number of nitrogens with zero attached hydrogens (tertiary/aromatic N) is 1. The fourth-order valence-electron chi connectivity index (χ4n) is 2.79. The van der Waals surface area contributed by atoms with Crippen molar-refractivity contribution in [1.82, 2.24) is 4.90 Å². The first kappa shape index (κ1) is 18.1. The first-order valence-corrected chi connectivity index (χ1v) is 8.70. The molecule has 2 atom stereocenters. The summed E-state index contributed by atoms with van der Waals surface area (Å²) in [4.78, 5) is 26.8. The molecule has 3 rings (SSSR count). The number of carbonyl (C=O) groups is 2. The number of rotatable bonds is 2. The summed E-state index contributed by atoms with van der Waals surface area (Å²) in [7, 11) is 0. The molecule has 2 aliphatic rings. The van der Waals surface area contributed by atoms with Crippen LogP contribution in [-0.2, 0) is 20.5 Å². The first-order chi connectivity index (χ1) is 11.7. The largest absolute Gasteiger partial charge is 0.416 e. The Kier molecular flexibility index (Phi) is 4.97. The summed E-state index contributed by atoms with van der Waals surface area (Å²) in [5.41, 5.74) is -0.683. The molecule has 25 heavy (non-hydrogen) atoms. The highest BCUT2D eigenvalue weighted by atomic mass is 32.2. The molecule has 2 heterocycles. The number of amides is 2. The van der Waals surface area contributed by atoms with Gasteiger partial charge >= 0.3 is 6.18 Å². The molecular weight excluding hydrogens is 357 g/mol. The molecule has 0 aromatic heterocycles. The zero-order valence-corrected chi connectivity index (χ0v) is 14.2. The van der Waals surface area contributed by atoms with Gasteiger partial charge in [0.25, 0.3) is 0 Å². The average molecular weight is 374 g/mol. The SMILES string of the molecule is C[C@@H]1CN(C(=O)C[C@@H]2Sc3ccc(C(F)(F)F)cc3NC2=O)CCO1. The van der Waals surface area contributed by atoms with E-state index < -0.39 is 22.9 Å². The Hall–Kier alpha value is -1.74. The average Bonchev–Trinajstić information content (AvgIpc) is 2.54. The Balaban J connectivity index is 1.69. The summed E-state index contributed by atoms with van der Waals surface area (Å²) in [6.45, 7) is 3.28. The van der Waals surface area contributed by atoms with Crippen LogP contribution >= 0.6 is 11.8 Å². The Labute approximate surface area is 146 Å². The number of morpholine rings is 1. The van der Waals surface area contributed by atoms with Crippen molar-refractivity contribution in [3.8, 4) is 0 Å². The lowest BCUT2D eigenvalue weighted by molar-refractivity contribution is -0.139. The van der Waals surface area contributed by atoms with E-state index in [1.165, 1.54) is 6.07 Å². The van der Waals surface area contributed by atoms with Gasteiger partial charge in [0.05, 0.1) is 29.2 Å². The second kappa shape index (κ2) is 6.87. The minimum Gasteiger partial charge on any atom is -0.375 e. The van der Waals surface area contributed by atoms with Gasteiger partial charge in [-0.15, -0.1) is 11.8 Å². The van der Waals surface area contributed by atoms with E-state index in [-0.39, 0.29) is 24.1 Å². The van der Waals surface area contributed by atoms with Gasteiger partial charge in [-0.25, -0.2) is 0 Å². The van der Waals surface area contributed by atoms with Crippen LogP contribution in [0.3, 0.4) is 0 Å². The molecule has 1 N–H and O–H groups in total. The summed E-state index contributed by atoms with van der Waals surface area (Å²) >= 11 is 1.12. The van der Waals surface area contributed by atoms with Crippen LogP contribution in [0.15, 0.2) is 23.1 Å². The molecule has 0 radical (unpaired) electrons. The van der Waals surface area contributed by atoms with Crippen molar-refractivity contribution in [1.29, 1.82) is 0 Å². The fourth-order valence-corrected chi connectivity index (χ4v) is 3.88. The molecule has 5 nitrogen and oxygen atoms in total. The Morgan fingerprint density at radius 3 is 2.88 bits per heavy atom. The van der Waals surface area contributed by atoms with E-state index in [0.717, 1.165) is 23.9 Å². The molecule has 1 saturated heterocycles. The lowest BCUT2D eigenvalue weighted by Crippen LogP contribution is -2.46.